The SMILES string of the molecule is CCOC(=O)c1c(NC(=O)OC)sc2ccccc12. The standard InChI is InChI=1S/C13H13NO4S/c1-3-18-12(15)10-8-6-4-5-7-9(8)19-11(10)14-13(16)17-2/h4-7H,3H2,1-2H3,(H,14,16). The number of thiophene rings is 1. The number of esters is 1. The Kier molecular flexibility index (Phi) is 4.01. The molecule has 5 nitrogen and oxygen atoms in total. The van der Waals surface area contributed by atoms with Gasteiger partial charge >= 0.3 is 12.1 Å². The number of fused-ring (bicyclic) bond motifs is 1. The van der Waals surface area contributed by atoms with Crippen LogP contribution < -0.4 is 5.32 Å². The zero-order valence-electron chi connectivity index (χ0n) is 10.6. The van der Waals surface area contributed by atoms with Gasteiger partial charge in [0.2, 0.25) is 0 Å². The summed E-state index contributed by atoms with van der Waals surface area (Å²) in [7, 11) is 1.27. The van der Waals surface area contributed by atoms with Crippen LogP contribution in [0.15, 0.2) is 24.3 Å². The van der Waals surface area contributed by atoms with E-state index in [9.17, 15) is 9.59 Å². The fourth-order valence-corrected chi connectivity index (χ4v) is 2.76. The quantitative estimate of drug-likeness (QED) is 0.876. The molecule has 1 N–H and O–H groups in total. The molecule has 0 fully saturated rings. The van der Waals surface area contributed by atoms with Crippen molar-refractivity contribution in [2.75, 3.05) is 19.0 Å². The molecule has 2 rings (SSSR count). The van der Waals surface area contributed by atoms with Gasteiger partial charge in [-0.25, -0.2) is 9.59 Å². The molecule has 1 heterocycles. The van der Waals surface area contributed by atoms with Gasteiger partial charge in [0.05, 0.1) is 13.7 Å². The Morgan fingerprint density at radius 3 is 2.74 bits per heavy atom. The highest BCUT2D eigenvalue weighted by Crippen LogP contribution is 2.36. The summed E-state index contributed by atoms with van der Waals surface area (Å²) in [5.41, 5.74) is 0.368. The molecule has 0 aliphatic heterocycles. The summed E-state index contributed by atoms with van der Waals surface area (Å²) < 4.78 is 10.5. The number of rotatable bonds is 3. The predicted octanol–water partition coefficient (Wildman–Crippen LogP) is 3.26. The number of methoxy groups -OCH3 is 1. The van der Waals surface area contributed by atoms with Crippen molar-refractivity contribution in [2.24, 2.45) is 0 Å². The van der Waals surface area contributed by atoms with Crippen LogP contribution in [0.3, 0.4) is 0 Å². The fourth-order valence-electron chi connectivity index (χ4n) is 1.68. The molecule has 0 aliphatic rings. The summed E-state index contributed by atoms with van der Waals surface area (Å²) >= 11 is 1.31. The summed E-state index contributed by atoms with van der Waals surface area (Å²) in [6.45, 7) is 2.01. The van der Waals surface area contributed by atoms with Crippen LogP contribution in [0.25, 0.3) is 10.1 Å². The largest absolute Gasteiger partial charge is 0.462 e. The lowest BCUT2D eigenvalue weighted by atomic mass is 10.1. The number of nitrogens with one attached hydrogen (secondary N) is 1. The zero-order chi connectivity index (χ0) is 13.8. The van der Waals surface area contributed by atoms with Gasteiger partial charge in [-0.3, -0.25) is 5.32 Å². The Bertz CT molecular complexity index is 620. The molecule has 0 atom stereocenters. The second kappa shape index (κ2) is 5.71. The first-order valence-electron chi connectivity index (χ1n) is 5.71. The van der Waals surface area contributed by atoms with E-state index in [-0.39, 0.29) is 6.61 Å². The maximum Gasteiger partial charge on any atom is 0.411 e. The second-order valence-corrected chi connectivity index (χ2v) is 4.69. The summed E-state index contributed by atoms with van der Waals surface area (Å²) in [6, 6.07) is 7.40. The van der Waals surface area contributed by atoms with Crippen molar-refractivity contribution in [1.29, 1.82) is 0 Å². The van der Waals surface area contributed by atoms with E-state index in [0.29, 0.717) is 10.6 Å². The maximum absolute atomic E-state index is 12.0. The van der Waals surface area contributed by atoms with Gasteiger partial charge in [-0.05, 0) is 13.0 Å². The first-order chi connectivity index (χ1) is 9.17. The molecule has 0 saturated carbocycles. The molecule has 0 unspecified atom stereocenters. The Balaban J connectivity index is 2.51. The van der Waals surface area contributed by atoms with E-state index < -0.39 is 12.1 Å². The number of carbonyl (C=O) groups excluding carboxylic acids is 2. The van der Waals surface area contributed by atoms with Crippen LogP contribution in [0.2, 0.25) is 0 Å². The topological polar surface area (TPSA) is 64.6 Å². The molecule has 0 bridgehead atoms. The highest BCUT2D eigenvalue weighted by molar-refractivity contribution is 7.23. The number of amides is 1. The van der Waals surface area contributed by atoms with E-state index in [4.69, 9.17) is 4.74 Å². The van der Waals surface area contributed by atoms with Gasteiger partial charge in [-0.1, -0.05) is 18.2 Å². The minimum atomic E-state index is -0.614. The average molecular weight is 279 g/mol. The average Bonchev–Trinajstić information content (AvgIpc) is 2.76. The molecule has 2 aromatic rings. The maximum atomic E-state index is 12.0. The van der Waals surface area contributed by atoms with Crippen molar-refractivity contribution in [3.05, 3.63) is 29.8 Å². The van der Waals surface area contributed by atoms with Crippen molar-refractivity contribution in [1.82, 2.24) is 0 Å². The minimum Gasteiger partial charge on any atom is -0.462 e. The van der Waals surface area contributed by atoms with E-state index in [0.717, 1.165) is 10.1 Å². The zero-order valence-corrected chi connectivity index (χ0v) is 11.4. The number of benzene rings is 1. The molecular formula is C13H13NO4S. The third-order valence-corrected chi connectivity index (χ3v) is 3.56. The molecule has 0 saturated heterocycles. The van der Waals surface area contributed by atoms with E-state index in [1.165, 1.54) is 18.4 Å². The van der Waals surface area contributed by atoms with Gasteiger partial charge < -0.3 is 9.47 Å². The Morgan fingerprint density at radius 1 is 1.32 bits per heavy atom. The van der Waals surface area contributed by atoms with Crippen molar-refractivity contribution in [2.45, 2.75) is 6.92 Å². The Morgan fingerprint density at radius 2 is 2.05 bits per heavy atom. The van der Waals surface area contributed by atoms with Gasteiger partial charge in [0.15, 0.2) is 0 Å². The second-order valence-electron chi connectivity index (χ2n) is 3.64. The van der Waals surface area contributed by atoms with Crippen molar-refractivity contribution in [3.63, 3.8) is 0 Å². The van der Waals surface area contributed by atoms with E-state index >= 15 is 0 Å². The lowest BCUT2D eigenvalue weighted by molar-refractivity contribution is 0.0530. The molecule has 19 heavy (non-hydrogen) atoms. The van der Waals surface area contributed by atoms with Gasteiger partial charge in [-0.15, -0.1) is 11.3 Å². The molecule has 1 aromatic carbocycles. The van der Waals surface area contributed by atoms with E-state index in [1.54, 1.807) is 6.92 Å². The number of anilines is 1. The third-order valence-electron chi connectivity index (χ3n) is 2.48. The Labute approximate surface area is 114 Å². The van der Waals surface area contributed by atoms with Gasteiger partial charge in [-0.2, -0.15) is 0 Å². The van der Waals surface area contributed by atoms with Crippen LogP contribution in [-0.4, -0.2) is 25.8 Å². The molecule has 0 radical (unpaired) electrons. The first kappa shape index (κ1) is 13.4. The summed E-state index contributed by atoms with van der Waals surface area (Å²) in [4.78, 5) is 23.3. The van der Waals surface area contributed by atoms with Crippen LogP contribution in [0.5, 0.6) is 0 Å². The number of carbonyl (C=O) groups is 2. The van der Waals surface area contributed by atoms with Crippen LogP contribution in [0.1, 0.15) is 17.3 Å². The predicted molar refractivity (Wildman–Crippen MR) is 73.8 cm³/mol. The fraction of sp³-hybridized carbons (Fsp3) is 0.231. The highest BCUT2D eigenvalue weighted by Gasteiger charge is 2.21. The molecule has 100 valence electrons. The van der Waals surface area contributed by atoms with Gasteiger partial charge in [0, 0.05) is 10.1 Å². The molecular weight excluding hydrogens is 266 g/mol. The number of ether oxygens (including phenoxy) is 2. The third kappa shape index (κ3) is 2.68. The smallest absolute Gasteiger partial charge is 0.411 e. The summed E-state index contributed by atoms with van der Waals surface area (Å²) in [5, 5.41) is 3.74. The number of hydrogen-bond acceptors (Lipinski definition) is 5. The molecule has 1 amide bonds. The molecule has 6 heteroatoms. The first-order valence-corrected chi connectivity index (χ1v) is 6.52. The van der Waals surface area contributed by atoms with Crippen LogP contribution >= 0.6 is 11.3 Å². The van der Waals surface area contributed by atoms with Crippen molar-refractivity contribution < 1.29 is 19.1 Å². The normalized spacial score (nSPS) is 10.2. The van der Waals surface area contributed by atoms with Gasteiger partial charge in [0.25, 0.3) is 0 Å². The van der Waals surface area contributed by atoms with Crippen molar-refractivity contribution >= 4 is 38.5 Å². The molecule has 0 aliphatic carbocycles. The van der Waals surface area contributed by atoms with Gasteiger partial charge in [0.1, 0.15) is 10.6 Å². The number of hydrogen-bond donors (Lipinski definition) is 1. The lowest BCUT2D eigenvalue weighted by Crippen LogP contribution is -2.13. The van der Waals surface area contributed by atoms with Crippen LogP contribution in [-0.2, 0) is 9.47 Å². The highest BCUT2D eigenvalue weighted by atomic mass is 32.1. The monoisotopic (exact) mass is 279 g/mol. The lowest BCUT2D eigenvalue weighted by Gasteiger charge is -2.05. The minimum absolute atomic E-state index is 0.278. The Hall–Kier alpha value is -2.08. The van der Waals surface area contributed by atoms with E-state index in [1.807, 2.05) is 24.3 Å². The van der Waals surface area contributed by atoms with Crippen LogP contribution in [0.4, 0.5) is 9.80 Å². The van der Waals surface area contributed by atoms with Crippen LogP contribution in [0, 0.1) is 0 Å². The van der Waals surface area contributed by atoms with E-state index in [2.05, 4.69) is 10.1 Å². The van der Waals surface area contributed by atoms with Crippen molar-refractivity contribution in [3.8, 4) is 0 Å². The molecule has 1 aromatic heterocycles. The summed E-state index contributed by atoms with van der Waals surface area (Å²) in [6.07, 6.45) is -0.614. The summed E-state index contributed by atoms with van der Waals surface area (Å²) in [5.74, 6) is -0.452. The molecule has 0 spiro atoms.